The largest absolute Gasteiger partial charge is 0.340 e. The van der Waals surface area contributed by atoms with Gasteiger partial charge in [-0.3, -0.25) is 9.69 Å². The van der Waals surface area contributed by atoms with E-state index < -0.39 is 0 Å². The molecule has 0 saturated carbocycles. The molecule has 2 N–H and O–H groups in total. The van der Waals surface area contributed by atoms with Crippen LogP contribution in [0.15, 0.2) is 42.5 Å². The first-order valence-electron chi connectivity index (χ1n) is 8.45. The van der Waals surface area contributed by atoms with E-state index in [2.05, 4.69) is 47.4 Å². The molecule has 2 aromatic rings. The van der Waals surface area contributed by atoms with E-state index in [0.29, 0.717) is 13.0 Å². The fourth-order valence-electron chi connectivity index (χ4n) is 3.24. The van der Waals surface area contributed by atoms with E-state index in [1.54, 1.807) is 0 Å². The summed E-state index contributed by atoms with van der Waals surface area (Å²) in [5, 5.41) is 2.62. The third-order valence-corrected chi connectivity index (χ3v) is 4.59. The molecule has 0 aliphatic carbocycles. The number of amides is 1. The molecule has 23 heavy (non-hydrogen) atoms. The molecule has 1 amide bonds. The molecule has 0 bridgehead atoms. The molecule has 2 aromatic carbocycles. The first-order chi connectivity index (χ1) is 11.3. The Balaban J connectivity index is 1.59. The fraction of sp³-hybridized carbons (Fsp3) is 0.421. The number of hydrogen-bond donors (Lipinski definition) is 1. The number of nitrogens with two attached hydrogens (primary N) is 1. The molecular formula is C19H25N3O. The topological polar surface area (TPSA) is 49.6 Å². The maximum atomic E-state index is 12.0. The Morgan fingerprint density at radius 2 is 1.74 bits per heavy atom. The van der Waals surface area contributed by atoms with Crippen molar-refractivity contribution >= 4 is 16.7 Å². The molecule has 0 atom stereocenters. The number of piperazine rings is 1. The number of nitrogens with zero attached hydrogens (tertiary/aromatic N) is 2. The molecule has 0 radical (unpaired) electrons. The van der Waals surface area contributed by atoms with Gasteiger partial charge in [-0.25, -0.2) is 0 Å². The second kappa shape index (κ2) is 7.57. The van der Waals surface area contributed by atoms with Gasteiger partial charge in [-0.05, 0) is 29.3 Å². The van der Waals surface area contributed by atoms with Crippen LogP contribution in [0.3, 0.4) is 0 Å². The van der Waals surface area contributed by atoms with Crippen LogP contribution in [0.4, 0.5) is 0 Å². The van der Waals surface area contributed by atoms with Crippen LogP contribution < -0.4 is 5.73 Å². The van der Waals surface area contributed by atoms with Gasteiger partial charge in [0.2, 0.25) is 5.91 Å². The van der Waals surface area contributed by atoms with Crippen LogP contribution in [0.25, 0.3) is 10.8 Å². The van der Waals surface area contributed by atoms with Crippen molar-refractivity contribution in [3.05, 3.63) is 48.0 Å². The van der Waals surface area contributed by atoms with Crippen molar-refractivity contribution < 1.29 is 4.79 Å². The van der Waals surface area contributed by atoms with Crippen molar-refractivity contribution in [1.82, 2.24) is 9.80 Å². The minimum absolute atomic E-state index is 0.250. The van der Waals surface area contributed by atoms with E-state index in [0.717, 1.165) is 39.1 Å². The third-order valence-electron chi connectivity index (χ3n) is 4.59. The molecule has 122 valence electrons. The molecule has 1 heterocycles. The molecule has 0 unspecified atom stereocenters. The summed E-state index contributed by atoms with van der Waals surface area (Å²) in [6.07, 6.45) is 1.37. The monoisotopic (exact) mass is 311 g/mol. The molecule has 1 aliphatic heterocycles. The molecule has 4 nitrogen and oxygen atoms in total. The first kappa shape index (κ1) is 16.0. The lowest BCUT2D eigenvalue weighted by Gasteiger charge is -2.35. The Morgan fingerprint density at radius 1 is 1.00 bits per heavy atom. The highest BCUT2D eigenvalue weighted by Gasteiger charge is 2.20. The Bertz CT molecular complexity index is 657. The second-order valence-electron chi connectivity index (χ2n) is 6.19. The average molecular weight is 311 g/mol. The highest BCUT2D eigenvalue weighted by molar-refractivity contribution is 5.85. The van der Waals surface area contributed by atoms with Crippen LogP contribution in [-0.4, -0.2) is 48.4 Å². The summed E-state index contributed by atoms with van der Waals surface area (Å²) in [5.74, 6) is 0.250. The van der Waals surface area contributed by atoms with Gasteiger partial charge in [-0.2, -0.15) is 0 Å². The standard InChI is InChI=1S/C19H25N3O/c20-10-4-9-19(23)22-13-11-21(12-14-22)15-17-7-3-6-16-5-1-2-8-18(16)17/h1-3,5-8H,4,9-15,20H2. The van der Waals surface area contributed by atoms with Crippen molar-refractivity contribution in [2.75, 3.05) is 32.7 Å². The summed E-state index contributed by atoms with van der Waals surface area (Å²) in [7, 11) is 0. The number of rotatable bonds is 5. The van der Waals surface area contributed by atoms with Crippen molar-refractivity contribution in [3.63, 3.8) is 0 Å². The molecule has 1 aliphatic rings. The predicted octanol–water partition coefficient (Wildman–Crippen LogP) is 2.22. The van der Waals surface area contributed by atoms with E-state index in [-0.39, 0.29) is 5.91 Å². The van der Waals surface area contributed by atoms with Crippen molar-refractivity contribution in [1.29, 1.82) is 0 Å². The van der Waals surface area contributed by atoms with Gasteiger partial charge in [0.1, 0.15) is 0 Å². The molecule has 1 fully saturated rings. The molecule has 0 aromatic heterocycles. The highest BCUT2D eigenvalue weighted by atomic mass is 16.2. The van der Waals surface area contributed by atoms with E-state index in [1.807, 2.05) is 4.90 Å². The summed E-state index contributed by atoms with van der Waals surface area (Å²) in [4.78, 5) is 16.5. The Labute approximate surface area is 137 Å². The van der Waals surface area contributed by atoms with Gasteiger partial charge in [0, 0.05) is 39.1 Å². The summed E-state index contributed by atoms with van der Waals surface area (Å²) in [5.41, 5.74) is 6.85. The summed E-state index contributed by atoms with van der Waals surface area (Å²) in [6, 6.07) is 15.0. The summed E-state index contributed by atoms with van der Waals surface area (Å²) < 4.78 is 0. The number of hydrogen-bond acceptors (Lipinski definition) is 3. The first-order valence-corrected chi connectivity index (χ1v) is 8.45. The van der Waals surface area contributed by atoms with Gasteiger partial charge in [-0.1, -0.05) is 42.5 Å². The van der Waals surface area contributed by atoms with Gasteiger partial charge in [0.25, 0.3) is 0 Å². The van der Waals surface area contributed by atoms with Crippen LogP contribution in [0.5, 0.6) is 0 Å². The number of benzene rings is 2. The maximum absolute atomic E-state index is 12.0. The minimum atomic E-state index is 0.250. The van der Waals surface area contributed by atoms with Gasteiger partial charge in [-0.15, -0.1) is 0 Å². The van der Waals surface area contributed by atoms with Crippen LogP contribution in [-0.2, 0) is 11.3 Å². The van der Waals surface area contributed by atoms with E-state index in [4.69, 9.17) is 5.73 Å². The van der Waals surface area contributed by atoms with Crippen LogP contribution in [0, 0.1) is 0 Å². The lowest BCUT2D eigenvalue weighted by atomic mass is 10.0. The quantitative estimate of drug-likeness (QED) is 0.921. The van der Waals surface area contributed by atoms with Crippen molar-refractivity contribution in [2.45, 2.75) is 19.4 Å². The Morgan fingerprint density at radius 3 is 2.52 bits per heavy atom. The zero-order chi connectivity index (χ0) is 16.1. The summed E-state index contributed by atoms with van der Waals surface area (Å²) in [6.45, 7) is 5.08. The van der Waals surface area contributed by atoms with Gasteiger partial charge in [0.05, 0.1) is 0 Å². The maximum Gasteiger partial charge on any atom is 0.222 e. The number of carbonyl (C=O) groups excluding carboxylic acids is 1. The van der Waals surface area contributed by atoms with Crippen molar-refractivity contribution in [2.24, 2.45) is 5.73 Å². The Kier molecular flexibility index (Phi) is 5.26. The second-order valence-corrected chi connectivity index (χ2v) is 6.19. The molecule has 3 rings (SSSR count). The van der Waals surface area contributed by atoms with E-state index >= 15 is 0 Å². The van der Waals surface area contributed by atoms with Gasteiger partial charge < -0.3 is 10.6 Å². The Hall–Kier alpha value is -1.91. The summed E-state index contributed by atoms with van der Waals surface area (Å²) >= 11 is 0. The molecule has 1 saturated heterocycles. The van der Waals surface area contributed by atoms with Gasteiger partial charge >= 0.3 is 0 Å². The molecule has 4 heteroatoms. The van der Waals surface area contributed by atoms with Crippen LogP contribution in [0.1, 0.15) is 18.4 Å². The highest BCUT2D eigenvalue weighted by Crippen LogP contribution is 2.20. The smallest absolute Gasteiger partial charge is 0.222 e. The minimum Gasteiger partial charge on any atom is -0.340 e. The predicted molar refractivity (Wildman–Crippen MR) is 94.1 cm³/mol. The van der Waals surface area contributed by atoms with Gasteiger partial charge in [0.15, 0.2) is 0 Å². The van der Waals surface area contributed by atoms with Crippen LogP contribution in [0.2, 0.25) is 0 Å². The average Bonchev–Trinajstić information content (AvgIpc) is 2.60. The van der Waals surface area contributed by atoms with Crippen LogP contribution >= 0.6 is 0 Å². The van der Waals surface area contributed by atoms with Crippen molar-refractivity contribution in [3.8, 4) is 0 Å². The molecule has 0 spiro atoms. The van der Waals surface area contributed by atoms with E-state index in [1.165, 1.54) is 16.3 Å². The SMILES string of the molecule is NCCCC(=O)N1CCN(Cc2cccc3ccccc23)CC1. The third kappa shape index (κ3) is 3.89. The lowest BCUT2D eigenvalue weighted by Crippen LogP contribution is -2.48. The zero-order valence-corrected chi connectivity index (χ0v) is 13.6. The van der Waals surface area contributed by atoms with E-state index in [9.17, 15) is 4.79 Å². The lowest BCUT2D eigenvalue weighted by molar-refractivity contribution is -0.133. The normalized spacial score (nSPS) is 16.0. The zero-order valence-electron chi connectivity index (χ0n) is 13.6. The number of carbonyl (C=O) groups is 1. The number of fused-ring (bicyclic) bond motifs is 1. The molecular weight excluding hydrogens is 286 g/mol. The fourth-order valence-corrected chi connectivity index (χ4v) is 3.24.